The molecule has 0 radical (unpaired) electrons. The first-order valence-electron chi connectivity index (χ1n) is 6.64. The van der Waals surface area contributed by atoms with Gasteiger partial charge in [-0.2, -0.15) is 0 Å². The largest absolute Gasteiger partial charge is 0.354 e. The number of nitrogens with one attached hydrogen (secondary N) is 1. The van der Waals surface area contributed by atoms with Gasteiger partial charge in [-0.25, -0.2) is 9.97 Å². The van der Waals surface area contributed by atoms with Crippen LogP contribution >= 0.6 is 27.7 Å². The molecule has 0 aliphatic heterocycles. The van der Waals surface area contributed by atoms with Gasteiger partial charge in [-0.05, 0) is 34.8 Å². The van der Waals surface area contributed by atoms with Gasteiger partial charge in [-0.3, -0.25) is 0 Å². The Hall–Kier alpha value is -1.07. The van der Waals surface area contributed by atoms with Crippen LogP contribution in [0.2, 0.25) is 0 Å². The van der Waals surface area contributed by atoms with Gasteiger partial charge in [0, 0.05) is 18.5 Å². The van der Waals surface area contributed by atoms with E-state index in [0.717, 1.165) is 28.2 Å². The molecule has 106 valence electrons. The molecule has 0 saturated heterocycles. The van der Waals surface area contributed by atoms with Gasteiger partial charge in [0.25, 0.3) is 0 Å². The zero-order chi connectivity index (χ0) is 14.4. The summed E-state index contributed by atoms with van der Waals surface area (Å²) in [5, 5.41) is 4.19. The smallest absolute Gasteiger partial charge is 0.223 e. The van der Waals surface area contributed by atoms with Crippen molar-refractivity contribution >= 4 is 33.6 Å². The molecule has 1 N–H and O–H groups in total. The van der Waals surface area contributed by atoms with E-state index < -0.39 is 0 Å². The SMILES string of the molecule is CCCNc1ncc(Br)c(SCc2cccc(C)c2)n1. The third-order valence-electron chi connectivity index (χ3n) is 2.70. The molecule has 0 amide bonds. The van der Waals surface area contributed by atoms with E-state index in [1.54, 1.807) is 11.8 Å². The zero-order valence-electron chi connectivity index (χ0n) is 11.7. The molecule has 0 saturated carbocycles. The van der Waals surface area contributed by atoms with Crippen LogP contribution in [0.3, 0.4) is 0 Å². The number of aryl methyl sites for hydroxylation is 1. The molecule has 0 fully saturated rings. The Labute approximate surface area is 132 Å². The van der Waals surface area contributed by atoms with Crippen molar-refractivity contribution in [3.8, 4) is 0 Å². The summed E-state index contributed by atoms with van der Waals surface area (Å²) in [7, 11) is 0. The predicted molar refractivity (Wildman–Crippen MR) is 89.3 cm³/mol. The number of anilines is 1. The third-order valence-corrected chi connectivity index (χ3v) is 4.61. The number of hydrogen-bond donors (Lipinski definition) is 1. The van der Waals surface area contributed by atoms with Gasteiger partial charge in [-0.15, -0.1) is 11.8 Å². The van der Waals surface area contributed by atoms with Crippen LogP contribution in [0.15, 0.2) is 40.0 Å². The monoisotopic (exact) mass is 351 g/mol. The number of thioether (sulfide) groups is 1. The quantitative estimate of drug-likeness (QED) is 0.606. The van der Waals surface area contributed by atoms with E-state index in [2.05, 4.69) is 69.3 Å². The van der Waals surface area contributed by atoms with Crippen molar-refractivity contribution in [2.45, 2.75) is 31.0 Å². The van der Waals surface area contributed by atoms with E-state index in [-0.39, 0.29) is 0 Å². The van der Waals surface area contributed by atoms with Gasteiger partial charge in [0.1, 0.15) is 5.03 Å². The Morgan fingerprint density at radius 2 is 2.20 bits per heavy atom. The van der Waals surface area contributed by atoms with Crippen LogP contribution in [0.4, 0.5) is 5.95 Å². The molecule has 1 aromatic carbocycles. The van der Waals surface area contributed by atoms with Crippen LogP contribution < -0.4 is 5.32 Å². The van der Waals surface area contributed by atoms with Crippen molar-refractivity contribution in [3.05, 3.63) is 46.1 Å². The molecule has 0 aliphatic carbocycles. The highest BCUT2D eigenvalue weighted by molar-refractivity contribution is 9.10. The first-order valence-corrected chi connectivity index (χ1v) is 8.41. The highest BCUT2D eigenvalue weighted by Crippen LogP contribution is 2.28. The highest BCUT2D eigenvalue weighted by Gasteiger charge is 2.06. The molecule has 2 aromatic rings. The Morgan fingerprint density at radius 3 is 2.95 bits per heavy atom. The highest BCUT2D eigenvalue weighted by atomic mass is 79.9. The molecule has 3 nitrogen and oxygen atoms in total. The van der Waals surface area contributed by atoms with Crippen LogP contribution in [0.1, 0.15) is 24.5 Å². The Kier molecular flexibility index (Phi) is 5.86. The molecule has 5 heteroatoms. The first kappa shape index (κ1) is 15.3. The third kappa shape index (κ3) is 4.49. The average molecular weight is 352 g/mol. The first-order chi connectivity index (χ1) is 9.69. The number of rotatable bonds is 6. The number of nitrogens with zero attached hydrogens (tertiary/aromatic N) is 2. The van der Waals surface area contributed by atoms with Gasteiger partial charge < -0.3 is 5.32 Å². The molecular formula is C15H18BrN3S. The summed E-state index contributed by atoms with van der Waals surface area (Å²) in [6, 6.07) is 8.56. The summed E-state index contributed by atoms with van der Waals surface area (Å²) in [6.45, 7) is 5.13. The topological polar surface area (TPSA) is 37.8 Å². The summed E-state index contributed by atoms with van der Waals surface area (Å²) in [6.07, 6.45) is 2.87. The van der Waals surface area contributed by atoms with Gasteiger partial charge in [0.05, 0.1) is 4.47 Å². The van der Waals surface area contributed by atoms with Crippen LogP contribution in [0, 0.1) is 6.92 Å². The average Bonchev–Trinajstić information content (AvgIpc) is 2.45. The predicted octanol–water partition coefficient (Wildman–Crippen LogP) is 4.66. The molecule has 0 unspecified atom stereocenters. The Balaban J connectivity index is 2.04. The lowest BCUT2D eigenvalue weighted by atomic mass is 10.2. The lowest BCUT2D eigenvalue weighted by Crippen LogP contribution is -2.04. The normalized spacial score (nSPS) is 10.6. The molecule has 1 heterocycles. The number of aromatic nitrogens is 2. The van der Waals surface area contributed by atoms with Crippen molar-refractivity contribution in [3.63, 3.8) is 0 Å². The van der Waals surface area contributed by atoms with Crippen molar-refractivity contribution in [1.29, 1.82) is 0 Å². The van der Waals surface area contributed by atoms with Crippen LogP contribution in [0.5, 0.6) is 0 Å². The fraction of sp³-hybridized carbons (Fsp3) is 0.333. The Bertz CT molecular complexity index is 575. The number of benzene rings is 1. The molecule has 0 atom stereocenters. The Morgan fingerprint density at radius 1 is 1.35 bits per heavy atom. The minimum absolute atomic E-state index is 0.696. The van der Waals surface area contributed by atoms with Gasteiger partial charge in [0.2, 0.25) is 5.95 Å². The van der Waals surface area contributed by atoms with Gasteiger partial charge in [-0.1, -0.05) is 36.8 Å². The molecule has 0 bridgehead atoms. The second-order valence-corrected chi connectivity index (χ2v) is 6.37. The van der Waals surface area contributed by atoms with Crippen molar-refractivity contribution < 1.29 is 0 Å². The van der Waals surface area contributed by atoms with E-state index >= 15 is 0 Å². The number of hydrogen-bond acceptors (Lipinski definition) is 4. The summed E-state index contributed by atoms with van der Waals surface area (Å²) in [4.78, 5) is 8.80. The summed E-state index contributed by atoms with van der Waals surface area (Å²) in [5.74, 6) is 1.60. The standard InChI is InChI=1S/C15H18BrN3S/c1-3-7-17-15-18-9-13(16)14(19-15)20-10-12-6-4-5-11(2)8-12/h4-6,8-9H,3,7,10H2,1-2H3,(H,17,18,19). The minimum atomic E-state index is 0.696. The van der Waals surface area contributed by atoms with Crippen molar-refractivity contribution in [2.24, 2.45) is 0 Å². The van der Waals surface area contributed by atoms with E-state index in [4.69, 9.17) is 0 Å². The van der Waals surface area contributed by atoms with E-state index in [9.17, 15) is 0 Å². The van der Waals surface area contributed by atoms with E-state index in [1.807, 2.05) is 6.20 Å². The molecule has 1 aromatic heterocycles. The molecule has 20 heavy (non-hydrogen) atoms. The minimum Gasteiger partial charge on any atom is -0.354 e. The lowest BCUT2D eigenvalue weighted by molar-refractivity contribution is 0.930. The van der Waals surface area contributed by atoms with Gasteiger partial charge >= 0.3 is 0 Å². The summed E-state index contributed by atoms with van der Waals surface area (Å²) >= 11 is 5.23. The van der Waals surface area contributed by atoms with Crippen LogP contribution in [-0.4, -0.2) is 16.5 Å². The van der Waals surface area contributed by atoms with Crippen molar-refractivity contribution in [2.75, 3.05) is 11.9 Å². The fourth-order valence-corrected chi connectivity index (χ4v) is 3.09. The fourth-order valence-electron chi connectivity index (χ4n) is 1.73. The van der Waals surface area contributed by atoms with E-state index in [0.29, 0.717) is 5.95 Å². The van der Waals surface area contributed by atoms with Gasteiger partial charge in [0.15, 0.2) is 0 Å². The maximum absolute atomic E-state index is 4.54. The zero-order valence-corrected chi connectivity index (χ0v) is 14.1. The van der Waals surface area contributed by atoms with E-state index in [1.165, 1.54) is 11.1 Å². The van der Waals surface area contributed by atoms with Crippen LogP contribution in [0.25, 0.3) is 0 Å². The van der Waals surface area contributed by atoms with Crippen LogP contribution in [-0.2, 0) is 5.75 Å². The lowest BCUT2D eigenvalue weighted by Gasteiger charge is -2.07. The maximum atomic E-state index is 4.54. The summed E-state index contributed by atoms with van der Waals surface area (Å²) < 4.78 is 0.942. The molecular weight excluding hydrogens is 334 g/mol. The maximum Gasteiger partial charge on any atom is 0.223 e. The summed E-state index contributed by atoms with van der Waals surface area (Å²) in [5.41, 5.74) is 2.60. The molecule has 0 spiro atoms. The van der Waals surface area contributed by atoms with Crippen molar-refractivity contribution in [1.82, 2.24) is 9.97 Å². The second-order valence-electron chi connectivity index (χ2n) is 4.55. The molecule has 0 aliphatic rings. The second kappa shape index (κ2) is 7.64. The number of halogens is 1. The molecule has 2 rings (SSSR count).